The van der Waals surface area contributed by atoms with Gasteiger partial charge in [0.05, 0.1) is 9.09 Å². The number of unbranched alkanes of at least 4 members (excludes halogenated alkanes) is 3. The third kappa shape index (κ3) is 3.85. The van der Waals surface area contributed by atoms with Crippen molar-refractivity contribution in [2.75, 3.05) is 0 Å². The fourth-order valence-corrected chi connectivity index (χ4v) is 5.84. The van der Waals surface area contributed by atoms with Crippen molar-refractivity contribution in [1.82, 2.24) is 0 Å². The van der Waals surface area contributed by atoms with Gasteiger partial charge in [-0.05, 0) is 42.5 Å². The fourth-order valence-electron chi connectivity index (χ4n) is 2.54. The molecule has 0 amide bonds. The summed E-state index contributed by atoms with van der Waals surface area (Å²) < 4.78 is 1.09. The summed E-state index contributed by atoms with van der Waals surface area (Å²) in [7, 11) is 0. The van der Waals surface area contributed by atoms with Crippen LogP contribution < -0.4 is 0 Å². The number of aryl methyl sites for hydroxylation is 1. The Labute approximate surface area is 150 Å². The summed E-state index contributed by atoms with van der Waals surface area (Å²) in [5, 5.41) is 2.14. The van der Waals surface area contributed by atoms with E-state index in [4.69, 9.17) is 0 Å². The molecule has 0 unspecified atom stereocenters. The van der Waals surface area contributed by atoms with Crippen molar-refractivity contribution in [3.05, 3.63) is 40.6 Å². The second kappa shape index (κ2) is 7.82. The second-order valence-electron chi connectivity index (χ2n) is 5.38. The van der Waals surface area contributed by atoms with Crippen molar-refractivity contribution in [3.63, 3.8) is 0 Å². The molecule has 0 fully saturated rings. The van der Waals surface area contributed by atoms with Crippen molar-refractivity contribution >= 4 is 46.6 Å². The van der Waals surface area contributed by atoms with Gasteiger partial charge in [0.15, 0.2) is 0 Å². The Morgan fingerprint density at radius 2 is 1.91 bits per heavy atom. The van der Waals surface area contributed by atoms with Gasteiger partial charge in [-0.25, -0.2) is 0 Å². The first-order valence-electron chi connectivity index (χ1n) is 7.73. The van der Waals surface area contributed by atoms with Crippen molar-refractivity contribution in [3.8, 4) is 20.2 Å². The maximum atomic E-state index is 4.57. The zero-order chi connectivity index (χ0) is 15.4. The van der Waals surface area contributed by atoms with Gasteiger partial charge in [0.25, 0.3) is 0 Å². The van der Waals surface area contributed by atoms with E-state index in [-0.39, 0.29) is 0 Å². The van der Waals surface area contributed by atoms with Crippen molar-refractivity contribution in [2.24, 2.45) is 0 Å². The summed E-state index contributed by atoms with van der Waals surface area (Å²) in [5.41, 5.74) is 1.34. The molecular weight excluding hydrogens is 344 g/mol. The predicted octanol–water partition coefficient (Wildman–Crippen LogP) is 7.62. The summed E-state index contributed by atoms with van der Waals surface area (Å²) in [4.78, 5) is 5.61. The Morgan fingerprint density at radius 1 is 1.00 bits per heavy atom. The average Bonchev–Trinajstić information content (AvgIpc) is 3.23. The van der Waals surface area contributed by atoms with Crippen LogP contribution in [0.4, 0.5) is 0 Å². The van der Waals surface area contributed by atoms with Crippen molar-refractivity contribution in [1.29, 1.82) is 0 Å². The maximum absolute atomic E-state index is 4.57. The lowest BCUT2D eigenvalue weighted by Crippen LogP contribution is -1.80. The summed E-state index contributed by atoms with van der Waals surface area (Å²) in [5.74, 6) is 0. The molecule has 116 valence electrons. The van der Waals surface area contributed by atoms with Gasteiger partial charge in [0.1, 0.15) is 0 Å². The minimum absolute atomic E-state index is 1.09. The summed E-state index contributed by atoms with van der Waals surface area (Å²) in [6, 6.07) is 11.1. The topological polar surface area (TPSA) is 0 Å². The van der Waals surface area contributed by atoms with Gasteiger partial charge in [-0.2, -0.15) is 0 Å². The summed E-state index contributed by atoms with van der Waals surface area (Å²) >= 11 is 10.1. The predicted molar refractivity (Wildman–Crippen MR) is 106 cm³/mol. The number of rotatable bonds is 7. The molecule has 3 rings (SSSR count). The van der Waals surface area contributed by atoms with Crippen LogP contribution in [-0.2, 0) is 6.42 Å². The molecule has 0 radical (unpaired) electrons. The quantitative estimate of drug-likeness (QED) is 0.323. The summed E-state index contributed by atoms with van der Waals surface area (Å²) in [6.45, 7) is 2.27. The van der Waals surface area contributed by atoms with E-state index in [0.717, 1.165) is 4.21 Å². The lowest BCUT2D eigenvalue weighted by Gasteiger charge is -1.99. The van der Waals surface area contributed by atoms with E-state index in [1.54, 1.807) is 22.7 Å². The Balaban J connectivity index is 1.79. The highest BCUT2D eigenvalue weighted by atomic mass is 32.2. The average molecular weight is 365 g/mol. The third-order valence-electron chi connectivity index (χ3n) is 3.67. The van der Waals surface area contributed by atoms with Crippen LogP contribution in [0.5, 0.6) is 0 Å². The third-order valence-corrected chi connectivity index (χ3v) is 7.24. The Bertz CT molecular complexity index is 703. The van der Waals surface area contributed by atoms with Crippen LogP contribution in [0, 0.1) is 0 Å². The number of hydrogen-bond acceptors (Lipinski definition) is 4. The Morgan fingerprint density at radius 3 is 2.68 bits per heavy atom. The molecule has 0 aliphatic rings. The molecule has 0 nitrogen and oxygen atoms in total. The van der Waals surface area contributed by atoms with E-state index < -0.39 is 0 Å². The van der Waals surface area contributed by atoms with Gasteiger partial charge in [-0.15, -0.1) is 46.6 Å². The molecule has 0 aliphatic heterocycles. The number of hydrogen-bond donors (Lipinski definition) is 1. The smallest absolute Gasteiger partial charge is 0.0581 e. The molecule has 0 saturated carbocycles. The minimum atomic E-state index is 1.09. The van der Waals surface area contributed by atoms with Gasteiger partial charge in [-0.1, -0.05) is 32.3 Å². The molecule has 22 heavy (non-hydrogen) atoms. The van der Waals surface area contributed by atoms with E-state index in [0.29, 0.717) is 0 Å². The number of thiol groups is 1. The molecule has 0 spiro atoms. The first kappa shape index (κ1) is 16.3. The van der Waals surface area contributed by atoms with Gasteiger partial charge in [0.2, 0.25) is 0 Å². The van der Waals surface area contributed by atoms with Crippen LogP contribution in [0.15, 0.2) is 39.9 Å². The highest BCUT2D eigenvalue weighted by Gasteiger charge is 2.14. The molecular formula is C18H20S4. The van der Waals surface area contributed by atoms with Crippen LogP contribution in [0.2, 0.25) is 0 Å². The lowest BCUT2D eigenvalue weighted by molar-refractivity contribution is 0.670. The molecule has 0 aromatic carbocycles. The largest absolute Gasteiger partial charge is 0.144 e. The summed E-state index contributed by atoms with van der Waals surface area (Å²) in [6.07, 6.45) is 6.55. The zero-order valence-electron chi connectivity index (χ0n) is 12.7. The van der Waals surface area contributed by atoms with E-state index >= 15 is 0 Å². The SMILES string of the molecule is CCCCCCc1ccc(-c2sc(S)cc2-c2cccs2)s1. The van der Waals surface area contributed by atoms with Crippen molar-refractivity contribution in [2.45, 2.75) is 43.2 Å². The molecule has 0 bridgehead atoms. The molecule has 3 heterocycles. The minimum Gasteiger partial charge on any atom is -0.144 e. The molecule has 4 heteroatoms. The fraction of sp³-hybridized carbons (Fsp3) is 0.333. The van der Waals surface area contributed by atoms with E-state index in [2.05, 4.69) is 55.3 Å². The molecule has 3 aromatic heterocycles. The highest BCUT2D eigenvalue weighted by Crippen LogP contribution is 2.44. The van der Waals surface area contributed by atoms with Gasteiger partial charge >= 0.3 is 0 Å². The van der Waals surface area contributed by atoms with Crippen molar-refractivity contribution < 1.29 is 0 Å². The lowest BCUT2D eigenvalue weighted by atomic mass is 10.1. The zero-order valence-corrected chi connectivity index (χ0v) is 16.0. The van der Waals surface area contributed by atoms with Gasteiger partial charge < -0.3 is 0 Å². The standard InChI is InChI=1S/C18H20S4/c1-2-3-4-5-7-13-9-10-16(21-13)18-14(12-17(19)22-18)15-8-6-11-20-15/h6,8-12,19H,2-5,7H2,1H3. The van der Waals surface area contributed by atoms with Crippen LogP contribution in [0.1, 0.15) is 37.5 Å². The monoisotopic (exact) mass is 364 g/mol. The van der Waals surface area contributed by atoms with E-state index in [1.807, 2.05) is 11.3 Å². The Kier molecular flexibility index (Phi) is 5.80. The molecule has 0 saturated heterocycles. The molecule has 0 N–H and O–H groups in total. The molecule has 0 aliphatic carbocycles. The van der Waals surface area contributed by atoms with Crippen LogP contribution >= 0.6 is 46.6 Å². The Hall–Kier alpha value is -0.550. The van der Waals surface area contributed by atoms with Crippen LogP contribution in [0.3, 0.4) is 0 Å². The second-order valence-corrected chi connectivity index (χ2v) is 9.33. The first-order valence-corrected chi connectivity index (χ1v) is 10.7. The molecule has 3 aromatic rings. The molecule has 0 atom stereocenters. The van der Waals surface area contributed by atoms with E-state index in [1.165, 1.54) is 57.2 Å². The van der Waals surface area contributed by atoms with Gasteiger partial charge in [-0.3, -0.25) is 0 Å². The first-order chi connectivity index (χ1) is 10.8. The highest BCUT2D eigenvalue weighted by molar-refractivity contribution is 7.83. The van der Waals surface area contributed by atoms with E-state index in [9.17, 15) is 0 Å². The number of thiophene rings is 3. The maximum Gasteiger partial charge on any atom is 0.0581 e. The van der Waals surface area contributed by atoms with Gasteiger partial charge in [0, 0.05) is 20.2 Å². The van der Waals surface area contributed by atoms with Crippen LogP contribution in [0.25, 0.3) is 20.2 Å². The van der Waals surface area contributed by atoms with Crippen LogP contribution in [-0.4, -0.2) is 0 Å². The normalized spacial score (nSPS) is 11.2.